The maximum Gasteiger partial charge on any atom is 0.184 e. The Morgan fingerprint density at radius 2 is 1.25 bits per heavy atom. The first-order chi connectivity index (χ1) is 7.92. The lowest BCUT2D eigenvalue weighted by Gasteiger charge is -2.06. The quantitative estimate of drug-likeness (QED) is 0.710. The van der Waals surface area contributed by atoms with E-state index < -0.39 is 0 Å². The molecule has 2 rings (SSSR count). The highest BCUT2D eigenvalue weighted by Crippen LogP contribution is 2.25. The van der Waals surface area contributed by atoms with Crippen LogP contribution in [0.4, 0.5) is 0 Å². The summed E-state index contributed by atoms with van der Waals surface area (Å²) in [6.07, 6.45) is 0. The van der Waals surface area contributed by atoms with E-state index in [9.17, 15) is 4.57 Å². The van der Waals surface area contributed by atoms with Crippen LogP contribution >= 0.6 is 8.46 Å². The van der Waals surface area contributed by atoms with Gasteiger partial charge in [-0.2, -0.15) is 0 Å². The van der Waals surface area contributed by atoms with Crippen LogP contribution < -0.4 is 0 Å². The highest BCUT2D eigenvalue weighted by Gasteiger charge is 2.03. The average Bonchev–Trinajstić information content (AvgIpc) is 2.38. The highest BCUT2D eigenvalue weighted by atomic mass is 31.1. The van der Waals surface area contributed by atoms with Crippen molar-refractivity contribution in [3.8, 4) is 0 Å². The Hall–Kier alpha value is -1.72. The standard InChI is InChI=1S/C14H11OP/c15-16-11-14(12-7-3-1-4-8-12)13-9-5-2-6-10-13/h1-11H. The number of benzene rings is 2. The Morgan fingerprint density at radius 3 is 1.62 bits per heavy atom. The van der Waals surface area contributed by atoms with Crippen LogP contribution in [0, 0.1) is 0 Å². The summed E-state index contributed by atoms with van der Waals surface area (Å²) in [6.45, 7) is 0. The molecule has 0 saturated carbocycles. The normalized spacial score (nSPS) is 10.0. The molecule has 0 aliphatic carbocycles. The second-order valence-corrected chi connectivity index (χ2v) is 3.85. The molecule has 0 heterocycles. The van der Waals surface area contributed by atoms with Gasteiger partial charge in [0.05, 0.1) is 0 Å². The lowest BCUT2D eigenvalue weighted by Crippen LogP contribution is -1.85. The summed E-state index contributed by atoms with van der Waals surface area (Å²) in [4.78, 5) is 0. The predicted octanol–water partition coefficient (Wildman–Crippen LogP) is 4.37. The molecule has 0 radical (unpaired) electrons. The van der Waals surface area contributed by atoms with Crippen LogP contribution in [-0.2, 0) is 4.57 Å². The Bertz CT molecular complexity index is 447. The number of rotatable bonds is 3. The van der Waals surface area contributed by atoms with Gasteiger partial charge in [0.2, 0.25) is 0 Å². The summed E-state index contributed by atoms with van der Waals surface area (Å²) >= 11 is 0. The van der Waals surface area contributed by atoms with Crippen molar-refractivity contribution in [2.75, 3.05) is 0 Å². The van der Waals surface area contributed by atoms with Crippen molar-refractivity contribution in [2.45, 2.75) is 0 Å². The molecule has 0 saturated heterocycles. The van der Waals surface area contributed by atoms with Gasteiger partial charge in [0.1, 0.15) is 0 Å². The maximum atomic E-state index is 10.8. The van der Waals surface area contributed by atoms with Gasteiger partial charge in [0.15, 0.2) is 8.46 Å². The molecule has 2 aromatic carbocycles. The molecule has 0 unspecified atom stereocenters. The molecule has 2 aromatic rings. The van der Waals surface area contributed by atoms with Crippen LogP contribution in [-0.4, -0.2) is 0 Å². The lowest BCUT2D eigenvalue weighted by atomic mass is 10.00. The minimum absolute atomic E-state index is 0.0322. The van der Waals surface area contributed by atoms with Crippen molar-refractivity contribution in [1.29, 1.82) is 0 Å². The minimum atomic E-state index is 0.0322. The van der Waals surface area contributed by atoms with Gasteiger partial charge in [-0.15, -0.1) is 0 Å². The highest BCUT2D eigenvalue weighted by molar-refractivity contribution is 7.28. The zero-order valence-electron chi connectivity index (χ0n) is 8.71. The maximum absolute atomic E-state index is 10.8. The number of hydrogen-bond donors (Lipinski definition) is 0. The monoisotopic (exact) mass is 226 g/mol. The average molecular weight is 226 g/mol. The first kappa shape index (κ1) is 10.8. The summed E-state index contributed by atoms with van der Waals surface area (Å²) in [5.74, 6) is 1.70. The van der Waals surface area contributed by atoms with E-state index in [2.05, 4.69) is 0 Å². The predicted molar refractivity (Wildman–Crippen MR) is 67.6 cm³/mol. The van der Waals surface area contributed by atoms with Crippen molar-refractivity contribution in [3.63, 3.8) is 0 Å². The largest absolute Gasteiger partial charge is 0.270 e. The van der Waals surface area contributed by atoms with Gasteiger partial charge < -0.3 is 0 Å². The van der Waals surface area contributed by atoms with E-state index in [1.165, 1.54) is 0 Å². The summed E-state index contributed by atoms with van der Waals surface area (Å²) in [5, 5.41) is 0. The molecule has 0 N–H and O–H groups in total. The molecule has 0 aliphatic heterocycles. The first-order valence-electron chi connectivity index (χ1n) is 5.05. The summed E-state index contributed by atoms with van der Waals surface area (Å²) in [7, 11) is 0.0322. The van der Waals surface area contributed by atoms with Crippen molar-refractivity contribution in [1.82, 2.24) is 0 Å². The molecule has 0 fully saturated rings. The Balaban J connectivity index is 2.48. The fourth-order valence-corrected chi connectivity index (χ4v) is 2.01. The van der Waals surface area contributed by atoms with Gasteiger partial charge in [-0.05, 0) is 16.7 Å². The van der Waals surface area contributed by atoms with E-state index in [-0.39, 0.29) is 8.46 Å². The molecule has 1 nitrogen and oxygen atoms in total. The van der Waals surface area contributed by atoms with Crippen LogP contribution in [0.5, 0.6) is 0 Å². The third-order valence-electron chi connectivity index (χ3n) is 2.35. The molecule has 0 spiro atoms. The fourth-order valence-electron chi connectivity index (χ4n) is 1.60. The lowest BCUT2D eigenvalue weighted by molar-refractivity contribution is 0.603. The second kappa shape index (κ2) is 5.39. The van der Waals surface area contributed by atoms with E-state index in [1.807, 2.05) is 60.7 Å². The van der Waals surface area contributed by atoms with Gasteiger partial charge in [-0.25, -0.2) is 0 Å². The van der Waals surface area contributed by atoms with E-state index >= 15 is 0 Å². The van der Waals surface area contributed by atoms with Crippen LogP contribution in [0.2, 0.25) is 0 Å². The molecular weight excluding hydrogens is 215 g/mol. The number of hydrogen-bond acceptors (Lipinski definition) is 1. The van der Waals surface area contributed by atoms with E-state index in [0.717, 1.165) is 16.7 Å². The smallest absolute Gasteiger partial charge is 0.184 e. The molecule has 0 amide bonds. The van der Waals surface area contributed by atoms with Crippen molar-refractivity contribution >= 4 is 14.0 Å². The molecule has 0 bridgehead atoms. The van der Waals surface area contributed by atoms with Crippen LogP contribution in [0.3, 0.4) is 0 Å². The minimum Gasteiger partial charge on any atom is -0.270 e. The second-order valence-electron chi connectivity index (χ2n) is 3.38. The summed E-state index contributed by atoms with van der Waals surface area (Å²) in [6, 6.07) is 19.9. The third-order valence-corrected chi connectivity index (χ3v) is 2.71. The van der Waals surface area contributed by atoms with Gasteiger partial charge in [-0.1, -0.05) is 60.7 Å². The molecular formula is C14H11OP. The zero-order chi connectivity index (χ0) is 11.2. The molecule has 0 aliphatic rings. The van der Waals surface area contributed by atoms with Crippen molar-refractivity contribution < 1.29 is 4.57 Å². The summed E-state index contributed by atoms with van der Waals surface area (Å²) in [5.41, 5.74) is 3.16. The third kappa shape index (κ3) is 2.44. The zero-order valence-corrected chi connectivity index (χ0v) is 9.60. The van der Waals surface area contributed by atoms with Crippen LogP contribution in [0.1, 0.15) is 11.1 Å². The first-order valence-corrected chi connectivity index (χ1v) is 5.93. The van der Waals surface area contributed by atoms with Crippen LogP contribution in [0.15, 0.2) is 66.5 Å². The topological polar surface area (TPSA) is 17.1 Å². The van der Waals surface area contributed by atoms with E-state index in [0.29, 0.717) is 0 Å². The summed E-state index contributed by atoms with van der Waals surface area (Å²) < 4.78 is 10.8. The Labute approximate surface area is 96.6 Å². The Morgan fingerprint density at radius 1 is 0.812 bits per heavy atom. The van der Waals surface area contributed by atoms with Crippen molar-refractivity contribution in [3.05, 3.63) is 77.6 Å². The molecule has 0 aromatic heterocycles. The SMILES string of the molecule is O=PC=C(c1ccccc1)c1ccccc1. The van der Waals surface area contributed by atoms with Crippen LogP contribution in [0.25, 0.3) is 5.57 Å². The van der Waals surface area contributed by atoms with Gasteiger partial charge >= 0.3 is 0 Å². The molecule has 2 heteroatoms. The van der Waals surface area contributed by atoms with Gasteiger partial charge in [0.25, 0.3) is 0 Å². The van der Waals surface area contributed by atoms with Gasteiger partial charge in [0, 0.05) is 5.82 Å². The Kier molecular flexibility index (Phi) is 3.63. The van der Waals surface area contributed by atoms with E-state index in [4.69, 9.17) is 0 Å². The van der Waals surface area contributed by atoms with Crippen molar-refractivity contribution in [2.24, 2.45) is 0 Å². The van der Waals surface area contributed by atoms with Gasteiger partial charge in [-0.3, -0.25) is 4.57 Å². The molecule has 0 atom stereocenters. The molecule has 78 valence electrons. The van der Waals surface area contributed by atoms with E-state index in [1.54, 1.807) is 5.82 Å². The molecule has 16 heavy (non-hydrogen) atoms. The fraction of sp³-hybridized carbons (Fsp3) is 0.